The Morgan fingerprint density at radius 2 is 2.16 bits per heavy atom. The summed E-state index contributed by atoms with van der Waals surface area (Å²) in [5.74, 6) is -1.26. The van der Waals surface area contributed by atoms with Crippen molar-refractivity contribution >= 4 is 11.9 Å². The van der Waals surface area contributed by atoms with Crippen LogP contribution in [0.25, 0.3) is 0 Å². The monoisotopic (exact) mass is 263 g/mol. The van der Waals surface area contributed by atoms with Gasteiger partial charge in [0.25, 0.3) is 0 Å². The van der Waals surface area contributed by atoms with Gasteiger partial charge in [0.15, 0.2) is 0 Å². The third-order valence-corrected chi connectivity index (χ3v) is 3.40. The number of carboxylic acid groups (broad SMARTS) is 1. The molecule has 0 unspecified atom stereocenters. The van der Waals surface area contributed by atoms with E-state index in [0.29, 0.717) is 6.42 Å². The second kappa shape index (κ2) is 5.30. The molecule has 1 aliphatic carbocycles. The Bertz CT molecular complexity index is 500. The van der Waals surface area contributed by atoms with Gasteiger partial charge in [-0.05, 0) is 31.0 Å². The Morgan fingerprint density at radius 1 is 1.42 bits per heavy atom. The van der Waals surface area contributed by atoms with Crippen LogP contribution in [0.2, 0.25) is 0 Å². The van der Waals surface area contributed by atoms with Crippen molar-refractivity contribution < 1.29 is 19.4 Å². The number of ether oxygens (including phenoxy) is 1. The highest BCUT2D eigenvalue weighted by Crippen LogP contribution is 2.39. The van der Waals surface area contributed by atoms with Crippen LogP contribution in [0.1, 0.15) is 24.9 Å². The van der Waals surface area contributed by atoms with Crippen LogP contribution in [0.4, 0.5) is 0 Å². The van der Waals surface area contributed by atoms with Crippen molar-refractivity contribution in [1.29, 1.82) is 0 Å². The number of nitrogens with one attached hydrogen (secondary N) is 1. The minimum absolute atomic E-state index is 0.169. The summed E-state index contributed by atoms with van der Waals surface area (Å²) in [6.45, 7) is 1.87. The average molecular weight is 263 g/mol. The number of carbonyl (C=O) groups excluding carboxylic acids is 1. The first-order valence-corrected chi connectivity index (χ1v) is 6.20. The zero-order valence-electron chi connectivity index (χ0n) is 10.9. The van der Waals surface area contributed by atoms with Gasteiger partial charge in [-0.3, -0.25) is 9.59 Å². The maximum Gasteiger partial charge on any atom is 0.307 e. The minimum Gasteiger partial charge on any atom is -0.497 e. The number of carboxylic acids is 1. The van der Waals surface area contributed by atoms with Crippen LogP contribution in [0.3, 0.4) is 0 Å². The van der Waals surface area contributed by atoms with Gasteiger partial charge in [-0.15, -0.1) is 0 Å². The van der Waals surface area contributed by atoms with Crippen molar-refractivity contribution in [2.24, 2.45) is 11.8 Å². The summed E-state index contributed by atoms with van der Waals surface area (Å²) >= 11 is 0. The van der Waals surface area contributed by atoms with E-state index in [0.717, 1.165) is 11.3 Å². The van der Waals surface area contributed by atoms with Crippen LogP contribution in [0.5, 0.6) is 5.75 Å². The summed E-state index contributed by atoms with van der Waals surface area (Å²) in [4.78, 5) is 22.6. The molecule has 1 aliphatic rings. The molecule has 1 fully saturated rings. The van der Waals surface area contributed by atoms with E-state index in [1.807, 2.05) is 31.2 Å². The number of amides is 1. The lowest BCUT2D eigenvalue weighted by Crippen LogP contribution is -2.29. The first kappa shape index (κ1) is 13.4. The van der Waals surface area contributed by atoms with Crippen molar-refractivity contribution in [3.8, 4) is 5.75 Å². The predicted octanol–water partition coefficient (Wildman–Crippen LogP) is 1.59. The standard InChI is InChI=1S/C14H17NO4/c1-8(9-4-3-5-10(6-9)19-2)15-13(16)11-7-12(11)14(17)18/h3-6,8,11-12H,7H2,1-2H3,(H,15,16)(H,17,18)/t8-,11-,12+/m1/s1. The summed E-state index contributed by atoms with van der Waals surface area (Å²) in [6, 6.07) is 7.27. The average Bonchev–Trinajstić information content (AvgIpc) is 3.19. The molecule has 0 spiro atoms. The molecule has 1 saturated carbocycles. The molecule has 0 bridgehead atoms. The van der Waals surface area contributed by atoms with E-state index in [2.05, 4.69) is 5.32 Å². The topological polar surface area (TPSA) is 75.6 Å². The smallest absolute Gasteiger partial charge is 0.307 e. The first-order chi connectivity index (χ1) is 9.02. The molecule has 2 N–H and O–H groups in total. The zero-order valence-corrected chi connectivity index (χ0v) is 10.9. The summed E-state index contributed by atoms with van der Waals surface area (Å²) in [7, 11) is 1.59. The Morgan fingerprint density at radius 3 is 2.74 bits per heavy atom. The fraction of sp³-hybridized carbons (Fsp3) is 0.429. The predicted molar refractivity (Wildman–Crippen MR) is 68.8 cm³/mol. The van der Waals surface area contributed by atoms with Crippen molar-refractivity contribution in [2.45, 2.75) is 19.4 Å². The van der Waals surface area contributed by atoms with E-state index in [-0.39, 0.29) is 17.9 Å². The quantitative estimate of drug-likeness (QED) is 0.846. The molecule has 5 heteroatoms. The molecule has 5 nitrogen and oxygen atoms in total. The molecule has 3 atom stereocenters. The van der Waals surface area contributed by atoms with Gasteiger partial charge in [0.1, 0.15) is 5.75 Å². The number of aliphatic carboxylic acids is 1. The normalized spacial score (nSPS) is 22.4. The van der Waals surface area contributed by atoms with E-state index in [1.54, 1.807) is 7.11 Å². The van der Waals surface area contributed by atoms with Crippen LogP contribution in [0.15, 0.2) is 24.3 Å². The van der Waals surface area contributed by atoms with E-state index < -0.39 is 11.9 Å². The van der Waals surface area contributed by atoms with Crippen LogP contribution in [-0.2, 0) is 9.59 Å². The van der Waals surface area contributed by atoms with E-state index in [9.17, 15) is 9.59 Å². The molecular weight excluding hydrogens is 246 g/mol. The zero-order chi connectivity index (χ0) is 14.0. The maximum absolute atomic E-state index is 11.9. The van der Waals surface area contributed by atoms with Crippen LogP contribution < -0.4 is 10.1 Å². The molecule has 0 aliphatic heterocycles. The Balaban J connectivity index is 1.95. The van der Waals surface area contributed by atoms with Gasteiger partial charge in [-0.2, -0.15) is 0 Å². The van der Waals surface area contributed by atoms with Crippen molar-refractivity contribution in [3.63, 3.8) is 0 Å². The number of hydrogen-bond acceptors (Lipinski definition) is 3. The van der Waals surface area contributed by atoms with Crippen molar-refractivity contribution in [2.75, 3.05) is 7.11 Å². The molecule has 0 heterocycles. The highest BCUT2D eigenvalue weighted by molar-refractivity contribution is 5.89. The van der Waals surface area contributed by atoms with Gasteiger partial charge in [0, 0.05) is 0 Å². The van der Waals surface area contributed by atoms with E-state index >= 15 is 0 Å². The lowest BCUT2D eigenvalue weighted by atomic mass is 10.1. The van der Waals surface area contributed by atoms with Crippen LogP contribution in [0, 0.1) is 11.8 Å². The van der Waals surface area contributed by atoms with Crippen molar-refractivity contribution in [1.82, 2.24) is 5.32 Å². The van der Waals surface area contributed by atoms with Gasteiger partial charge < -0.3 is 15.2 Å². The molecule has 1 aromatic carbocycles. The Labute approximate surface area is 111 Å². The van der Waals surface area contributed by atoms with E-state index in [1.165, 1.54) is 0 Å². The SMILES string of the molecule is COc1cccc([C@@H](C)NC(=O)[C@@H]2C[C@@H]2C(=O)O)c1. The fourth-order valence-electron chi connectivity index (χ4n) is 2.07. The maximum atomic E-state index is 11.9. The summed E-state index contributed by atoms with van der Waals surface area (Å²) in [5, 5.41) is 11.6. The Kier molecular flexibility index (Phi) is 3.74. The third-order valence-electron chi connectivity index (χ3n) is 3.40. The molecule has 0 saturated heterocycles. The Hall–Kier alpha value is -2.04. The summed E-state index contributed by atoms with van der Waals surface area (Å²) in [6.07, 6.45) is 0.437. The van der Waals surface area contributed by atoms with Crippen LogP contribution >= 0.6 is 0 Å². The summed E-state index contributed by atoms with van der Waals surface area (Å²) in [5.41, 5.74) is 0.931. The second-order valence-electron chi connectivity index (χ2n) is 4.79. The number of carbonyl (C=O) groups is 2. The highest BCUT2D eigenvalue weighted by atomic mass is 16.5. The number of hydrogen-bond donors (Lipinski definition) is 2. The lowest BCUT2D eigenvalue weighted by Gasteiger charge is -2.15. The number of methoxy groups -OCH3 is 1. The summed E-state index contributed by atoms with van der Waals surface area (Å²) < 4.78 is 5.13. The molecular formula is C14H17NO4. The molecule has 102 valence electrons. The van der Waals surface area contributed by atoms with Gasteiger partial charge >= 0.3 is 5.97 Å². The second-order valence-corrected chi connectivity index (χ2v) is 4.79. The van der Waals surface area contributed by atoms with Crippen molar-refractivity contribution in [3.05, 3.63) is 29.8 Å². The molecule has 1 aromatic rings. The third kappa shape index (κ3) is 3.05. The van der Waals surface area contributed by atoms with Gasteiger partial charge in [0.2, 0.25) is 5.91 Å². The molecule has 19 heavy (non-hydrogen) atoms. The lowest BCUT2D eigenvalue weighted by molar-refractivity contribution is -0.140. The highest BCUT2D eigenvalue weighted by Gasteiger charge is 2.48. The largest absolute Gasteiger partial charge is 0.497 e. The van der Waals surface area contributed by atoms with Gasteiger partial charge in [-0.1, -0.05) is 12.1 Å². The molecule has 0 aromatic heterocycles. The number of rotatable bonds is 5. The van der Waals surface area contributed by atoms with E-state index in [4.69, 9.17) is 9.84 Å². The minimum atomic E-state index is -0.894. The van der Waals surface area contributed by atoms with Gasteiger partial charge in [-0.25, -0.2) is 0 Å². The molecule has 0 radical (unpaired) electrons. The number of benzene rings is 1. The first-order valence-electron chi connectivity index (χ1n) is 6.20. The molecule has 1 amide bonds. The fourth-order valence-corrected chi connectivity index (χ4v) is 2.07. The molecule has 2 rings (SSSR count). The van der Waals surface area contributed by atoms with Crippen LogP contribution in [-0.4, -0.2) is 24.1 Å². The van der Waals surface area contributed by atoms with Gasteiger partial charge in [0.05, 0.1) is 25.0 Å².